The lowest BCUT2D eigenvalue weighted by atomic mass is 10.1. The van der Waals surface area contributed by atoms with Crippen molar-refractivity contribution in [1.82, 2.24) is 10.9 Å². The standard InChI is InChI=1S/C20H21N3O5/c1-13-7-9-18(11-14(13)2)28-15(3)20(25)22-21-19(24)10-8-16-5-4-6-17(12-16)23(26)27/h4-12,15H,1-3H3,(H,21,24)(H,22,25)/b10-8+. The van der Waals surface area contributed by atoms with Crippen LogP contribution in [0.4, 0.5) is 5.69 Å². The van der Waals surface area contributed by atoms with Gasteiger partial charge in [-0.3, -0.25) is 30.6 Å². The van der Waals surface area contributed by atoms with Crippen molar-refractivity contribution in [3.8, 4) is 5.75 Å². The van der Waals surface area contributed by atoms with Crippen molar-refractivity contribution in [3.05, 3.63) is 75.3 Å². The third kappa shape index (κ3) is 5.94. The van der Waals surface area contributed by atoms with Crippen molar-refractivity contribution in [2.45, 2.75) is 26.9 Å². The lowest BCUT2D eigenvalue weighted by Gasteiger charge is -2.15. The Balaban J connectivity index is 1.85. The summed E-state index contributed by atoms with van der Waals surface area (Å²) in [4.78, 5) is 34.1. The number of hydrogen-bond donors (Lipinski definition) is 2. The van der Waals surface area contributed by atoms with Crippen LogP contribution in [-0.2, 0) is 9.59 Å². The molecule has 0 radical (unpaired) electrons. The smallest absolute Gasteiger partial charge is 0.279 e. The number of aryl methyl sites for hydroxylation is 2. The van der Waals surface area contributed by atoms with Crippen LogP contribution in [0.15, 0.2) is 48.5 Å². The van der Waals surface area contributed by atoms with Crippen molar-refractivity contribution in [1.29, 1.82) is 0 Å². The molecule has 2 amide bonds. The number of benzene rings is 2. The molecule has 8 heteroatoms. The molecule has 1 atom stereocenters. The number of ether oxygens (including phenoxy) is 1. The molecule has 0 aromatic heterocycles. The van der Waals surface area contributed by atoms with E-state index in [-0.39, 0.29) is 5.69 Å². The molecule has 1 unspecified atom stereocenters. The van der Waals surface area contributed by atoms with Crippen molar-refractivity contribution in [2.75, 3.05) is 0 Å². The minimum Gasteiger partial charge on any atom is -0.481 e. The first-order valence-electron chi connectivity index (χ1n) is 8.52. The van der Waals surface area contributed by atoms with Gasteiger partial charge in [0.25, 0.3) is 17.5 Å². The van der Waals surface area contributed by atoms with E-state index in [2.05, 4.69) is 10.9 Å². The van der Waals surface area contributed by atoms with Gasteiger partial charge in [-0.25, -0.2) is 0 Å². The molecule has 0 aliphatic rings. The number of carbonyl (C=O) groups is 2. The maximum absolute atomic E-state index is 12.0. The van der Waals surface area contributed by atoms with E-state index < -0.39 is 22.8 Å². The van der Waals surface area contributed by atoms with Crippen LogP contribution in [0.25, 0.3) is 6.08 Å². The summed E-state index contributed by atoms with van der Waals surface area (Å²) < 4.78 is 5.56. The summed E-state index contributed by atoms with van der Waals surface area (Å²) in [6.07, 6.45) is 1.75. The number of nitro benzene ring substituents is 1. The maximum atomic E-state index is 12.0. The van der Waals surface area contributed by atoms with E-state index in [0.717, 1.165) is 17.2 Å². The number of hydrogen-bond acceptors (Lipinski definition) is 5. The monoisotopic (exact) mass is 383 g/mol. The normalized spacial score (nSPS) is 11.7. The SMILES string of the molecule is Cc1ccc(OC(C)C(=O)NNC(=O)/C=C/c2cccc([N+](=O)[O-])c2)cc1C. The fourth-order valence-electron chi connectivity index (χ4n) is 2.23. The van der Waals surface area contributed by atoms with Crippen molar-refractivity contribution in [3.63, 3.8) is 0 Å². The van der Waals surface area contributed by atoms with Crippen LogP contribution in [-0.4, -0.2) is 22.8 Å². The Kier molecular flexibility index (Phi) is 6.86. The molecule has 0 fully saturated rings. The van der Waals surface area contributed by atoms with E-state index in [1.807, 2.05) is 26.0 Å². The van der Waals surface area contributed by atoms with Gasteiger partial charge >= 0.3 is 0 Å². The van der Waals surface area contributed by atoms with Gasteiger partial charge in [0.05, 0.1) is 4.92 Å². The summed E-state index contributed by atoms with van der Waals surface area (Å²) in [6, 6.07) is 11.3. The summed E-state index contributed by atoms with van der Waals surface area (Å²) in [5, 5.41) is 10.7. The molecule has 0 saturated carbocycles. The van der Waals surface area contributed by atoms with Gasteiger partial charge in [-0.15, -0.1) is 0 Å². The predicted octanol–water partition coefficient (Wildman–Crippen LogP) is 2.84. The Morgan fingerprint density at radius 1 is 1.11 bits per heavy atom. The minimum atomic E-state index is -0.817. The van der Waals surface area contributed by atoms with Crippen LogP contribution in [0.3, 0.4) is 0 Å². The topological polar surface area (TPSA) is 111 Å². The van der Waals surface area contributed by atoms with E-state index in [4.69, 9.17) is 4.74 Å². The average Bonchev–Trinajstić information content (AvgIpc) is 2.67. The molecule has 2 aromatic rings. The van der Waals surface area contributed by atoms with E-state index in [9.17, 15) is 19.7 Å². The number of nitro groups is 1. The van der Waals surface area contributed by atoms with Crippen LogP contribution in [0.5, 0.6) is 5.75 Å². The van der Waals surface area contributed by atoms with Gasteiger partial charge in [-0.1, -0.05) is 18.2 Å². The Hall–Kier alpha value is -3.68. The molecule has 0 heterocycles. The average molecular weight is 383 g/mol. The molecule has 0 saturated heterocycles. The second-order valence-corrected chi connectivity index (χ2v) is 6.17. The second-order valence-electron chi connectivity index (χ2n) is 6.17. The van der Waals surface area contributed by atoms with Gasteiger partial charge < -0.3 is 4.74 Å². The third-order valence-electron chi connectivity index (χ3n) is 3.98. The Bertz CT molecular complexity index is 924. The maximum Gasteiger partial charge on any atom is 0.279 e. The lowest BCUT2D eigenvalue weighted by molar-refractivity contribution is -0.384. The number of nitrogens with zero attached hydrogens (tertiary/aromatic N) is 1. The van der Waals surface area contributed by atoms with Crippen molar-refractivity contribution >= 4 is 23.6 Å². The zero-order chi connectivity index (χ0) is 20.7. The van der Waals surface area contributed by atoms with Crippen LogP contribution in [0.2, 0.25) is 0 Å². The molecule has 146 valence electrons. The Morgan fingerprint density at radius 3 is 2.54 bits per heavy atom. The largest absolute Gasteiger partial charge is 0.481 e. The molecule has 0 bridgehead atoms. The Labute approximate surface area is 162 Å². The van der Waals surface area contributed by atoms with Gasteiger partial charge in [-0.2, -0.15) is 0 Å². The quantitative estimate of drug-likeness (QED) is 0.453. The highest BCUT2D eigenvalue weighted by Crippen LogP contribution is 2.17. The van der Waals surface area contributed by atoms with Gasteiger partial charge in [0.1, 0.15) is 5.75 Å². The molecule has 28 heavy (non-hydrogen) atoms. The molecule has 0 aliphatic carbocycles. The predicted molar refractivity (Wildman–Crippen MR) is 104 cm³/mol. The molecule has 0 spiro atoms. The first kappa shape index (κ1) is 20.6. The number of nitrogens with one attached hydrogen (secondary N) is 2. The van der Waals surface area contributed by atoms with Crippen LogP contribution in [0.1, 0.15) is 23.6 Å². The van der Waals surface area contributed by atoms with E-state index in [0.29, 0.717) is 11.3 Å². The fraction of sp³-hybridized carbons (Fsp3) is 0.200. The summed E-state index contributed by atoms with van der Waals surface area (Å²) >= 11 is 0. The Morgan fingerprint density at radius 2 is 1.86 bits per heavy atom. The zero-order valence-corrected chi connectivity index (χ0v) is 15.8. The van der Waals surface area contributed by atoms with E-state index in [1.54, 1.807) is 19.1 Å². The molecular formula is C20H21N3O5. The molecule has 8 nitrogen and oxygen atoms in total. The highest BCUT2D eigenvalue weighted by Gasteiger charge is 2.15. The molecule has 0 aliphatic heterocycles. The molecule has 2 N–H and O–H groups in total. The number of non-ortho nitro benzene ring substituents is 1. The highest BCUT2D eigenvalue weighted by molar-refractivity contribution is 5.93. The minimum absolute atomic E-state index is 0.0758. The van der Waals surface area contributed by atoms with Crippen molar-refractivity contribution in [2.24, 2.45) is 0 Å². The van der Waals surface area contributed by atoms with E-state index in [1.165, 1.54) is 24.3 Å². The fourth-order valence-corrected chi connectivity index (χ4v) is 2.23. The van der Waals surface area contributed by atoms with Crippen LogP contribution < -0.4 is 15.6 Å². The summed E-state index contributed by atoms with van der Waals surface area (Å²) in [6.45, 7) is 5.49. The summed E-state index contributed by atoms with van der Waals surface area (Å²) in [7, 11) is 0. The second kappa shape index (κ2) is 9.31. The lowest BCUT2D eigenvalue weighted by Crippen LogP contribution is -2.46. The first-order chi connectivity index (χ1) is 13.3. The van der Waals surface area contributed by atoms with Crippen LogP contribution in [0, 0.1) is 24.0 Å². The summed E-state index contributed by atoms with van der Waals surface area (Å²) in [5.74, 6) is -0.545. The highest BCUT2D eigenvalue weighted by atomic mass is 16.6. The number of carbonyl (C=O) groups excluding carboxylic acids is 2. The van der Waals surface area contributed by atoms with Crippen molar-refractivity contribution < 1.29 is 19.2 Å². The van der Waals surface area contributed by atoms with Gasteiger partial charge in [0, 0.05) is 18.2 Å². The van der Waals surface area contributed by atoms with Gasteiger partial charge in [-0.05, 0) is 55.7 Å². The number of hydrazine groups is 1. The molecule has 2 rings (SSSR count). The van der Waals surface area contributed by atoms with Gasteiger partial charge in [0.15, 0.2) is 6.10 Å². The molecular weight excluding hydrogens is 362 g/mol. The molecule has 2 aromatic carbocycles. The van der Waals surface area contributed by atoms with Gasteiger partial charge in [0.2, 0.25) is 0 Å². The number of amides is 2. The van der Waals surface area contributed by atoms with Crippen LogP contribution >= 0.6 is 0 Å². The van der Waals surface area contributed by atoms with E-state index >= 15 is 0 Å². The zero-order valence-electron chi connectivity index (χ0n) is 15.8. The first-order valence-corrected chi connectivity index (χ1v) is 8.52. The third-order valence-corrected chi connectivity index (χ3v) is 3.98. The number of rotatable bonds is 6. The summed E-state index contributed by atoms with van der Waals surface area (Å²) in [5.41, 5.74) is 7.09.